The highest BCUT2D eigenvalue weighted by atomic mass is 35.5. The molecule has 3 rings (SSSR count). The molecule has 0 aromatic heterocycles. The summed E-state index contributed by atoms with van der Waals surface area (Å²) >= 11 is 6.01. The fourth-order valence-electron chi connectivity index (χ4n) is 2.97. The lowest BCUT2D eigenvalue weighted by Crippen LogP contribution is -2.52. The lowest BCUT2D eigenvalue weighted by Gasteiger charge is -2.37. The molecule has 1 aromatic rings. The van der Waals surface area contributed by atoms with Gasteiger partial charge in [0.05, 0.1) is 17.9 Å². The van der Waals surface area contributed by atoms with Crippen LogP contribution in [0.4, 0.5) is 5.69 Å². The van der Waals surface area contributed by atoms with Crippen molar-refractivity contribution in [3.05, 3.63) is 23.2 Å². The summed E-state index contributed by atoms with van der Waals surface area (Å²) in [6.45, 7) is 4.84. The van der Waals surface area contributed by atoms with Crippen LogP contribution in [-0.4, -0.2) is 55.2 Å². The minimum absolute atomic E-state index is 0.00942. The maximum Gasteiger partial charge on any atom is 0.265 e. The fourth-order valence-corrected chi connectivity index (χ4v) is 3.13. The van der Waals surface area contributed by atoms with E-state index in [-0.39, 0.29) is 37.2 Å². The van der Waals surface area contributed by atoms with Crippen molar-refractivity contribution in [1.29, 1.82) is 0 Å². The molecule has 0 spiro atoms. The number of rotatable bonds is 2. The third-order valence-corrected chi connectivity index (χ3v) is 4.16. The van der Waals surface area contributed by atoms with Gasteiger partial charge in [-0.2, -0.15) is 0 Å². The summed E-state index contributed by atoms with van der Waals surface area (Å²) in [5, 5.41) is 0.494. The normalized spacial score (nSPS) is 24.2. The van der Waals surface area contributed by atoms with Crippen molar-refractivity contribution < 1.29 is 19.1 Å². The van der Waals surface area contributed by atoms with Crippen LogP contribution < -0.4 is 9.64 Å². The molecule has 124 valence electrons. The molecule has 2 amide bonds. The van der Waals surface area contributed by atoms with Gasteiger partial charge in [0.25, 0.3) is 5.91 Å². The Balaban J connectivity index is 1.78. The summed E-state index contributed by atoms with van der Waals surface area (Å²) in [7, 11) is 0. The molecule has 0 radical (unpaired) electrons. The number of amides is 2. The highest BCUT2D eigenvalue weighted by Crippen LogP contribution is 2.34. The molecule has 1 aromatic carbocycles. The van der Waals surface area contributed by atoms with E-state index >= 15 is 0 Å². The number of halogens is 1. The Morgan fingerprint density at radius 2 is 2.00 bits per heavy atom. The third kappa shape index (κ3) is 3.43. The SMILES string of the molecule is C[C@H]1CN(C(=O)CN2C(=O)COc3ccc(Cl)cc32)C[C@H](C)O1. The summed E-state index contributed by atoms with van der Waals surface area (Å²) in [5.41, 5.74) is 0.538. The Labute approximate surface area is 139 Å². The van der Waals surface area contributed by atoms with Crippen LogP contribution in [0.3, 0.4) is 0 Å². The van der Waals surface area contributed by atoms with Crippen molar-refractivity contribution in [3.8, 4) is 5.75 Å². The van der Waals surface area contributed by atoms with E-state index in [2.05, 4.69) is 0 Å². The fraction of sp³-hybridized carbons (Fsp3) is 0.500. The molecular weight excluding hydrogens is 320 g/mol. The second kappa shape index (κ2) is 6.37. The number of ether oxygens (including phenoxy) is 2. The van der Waals surface area contributed by atoms with E-state index < -0.39 is 0 Å². The first-order chi connectivity index (χ1) is 10.9. The zero-order valence-corrected chi connectivity index (χ0v) is 13.9. The van der Waals surface area contributed by atoms with Crippen LogP contribution in [0, 0.1) is 0 Å². The number of hydrogen-bond acceptors (Lipinski definition) is 4. The number of fused-ring (bicyclic) bond motifs is 1. The molecule has 0 bridgehead atoms. The number of hydrogen-bond donors (Lipinski definition) is 0. The van der Waals surface area contributed by atoms with Gasteiger partial charge in [-0.15, -0.1) is 0 Å². The molecule has 6 nitrogen and oxygen atoms in total. The van der Waals surface area contributed by atoms with Crippen molar-refractivity contribution >= 4 is 29.1 Å². The van der Waals surface area contributed by atoms with Gasteiger partial charge in [-0.3, -0.25) is 14.5 Å². The van der Waals surface area contributed by atoms with Gasteiger partial charge < -0.3 is 14.4 Å². The molecule has 7 heteroatoms. The minimum Gasteiger partial charge on any atom is -0.482 e. The van der Waals surface area contributed by atoms with E-state index in [0.29, 0.717) is 29.5 Å². The first-order valence-corrected chi connectivity index (χ1v) is 7.98. The molecule has 0 N–H and O–H groups in total. The highest BCUT2D eigenvalue weighted by Gasteiger charge is 2.31. The van der Waals surface area contributed by atoms with E-state index in [1.165, 1.54) is 4.90 Å². The van der Waals surface area contributed by atoms with Crippen molar-refractivity contribution in [2.24, 2.45) is 0 Å². The quantitative estimate of drug-likeness (QED) is 0.823. The Hall–Kier alpha value is -1.79. The smallest absolute Gasteiger partial charge is 0.265 e. The van der Waals surface area contributed by atoms with Gasteiger partial charge in [-0.05, 0) is 32.0 Å². The maximum absolute atomic E-state index is 12.6. The summed E-state index contributed by atoms with van der Waals surface area (Å²) < 4.78 is 11.0. The van der Waals surface area contributed by atoms with Gasteiger partial charge in [0, 0.05) is 18.1 Å². The minimum atomic E-state index is -0.248. The van der Waals surface area contributed by atoms with E-state index in [1.54, 1.807) is 23.1 Å². The summed E-state index contributed by atoms with van der Waals surface area (Å²) in [4.78, 5) is 28.0. The molecule has 2 aliphatic rings. The Morgan fingerprint density at radius 1 is 1.30 bits per heavy atom. The summed E-state index contributed by atoms with van der Waals surface area (Å²) in [6, 6.07) is 5.05. The number of nitrogens with zero attached hydrogens (tertiary/aromatic N) is 2. The molecule has 0 unspecified atom stereocenters. The molecule has 23 heavy (non-hydrogen) atoms. The lowest BCUT2D eigenvalue weighted by molar-refractivity contribution is -0.142. The van der Waals surface area contributed by atoms with Gasteiger partial charge in [0.15, 0.2) is 6.61 Å². The first-order valence-electron chi connectivity index (χ1n) is 7.60. The number of carbonyl (C=O) groups excluding carboxylic acids is 2. The van der Waals surface area contributed by atoms with Gasteiger partial charge >= 0.3 is 0 Å². The predicted octanol–water partition coefficient (Wildman–Crippen LogP) is 1.70. The number of carbonyl (C=O) groups is 2. The molecule has 0 saturated carbocycles. The topological polar surface area (TPSA) is 59.1 Å². The lowest BCUT2D eigenvalue weighted by atomic mass is 10.2. The molecular formula is C16H19ClN2O4. The van der Waals surface area contributed by atoms with E-state index in [0.717, 1.165) is 0 Å². The molecule has 2 heterocycles. The van der Waals surface area contributed by atoms with Crippen molar-refractivity contribution in [3.63, 3.8) is 0 Å². The van der Waals surface area contributed by atoms with Crippen molar-refractivity contribution in [1.82, 2.24) is 4.90 Å². The largest absolute Gasteiger partial charge is 0.482 e. The van der Waals surface area contributed by atoms with Crippen LogP contribution in [-0.2, 0) is 14.3 Å². The Kier molecular flexibility index (Phi) is 4.46. The molecule has 1 saturated heterocycles. The zero-order chi connectivity index (χ0) is 16.6. The van der Waals surface area contributed by atoms with E-state index in [4.69, 9.17) is 21.1 Å². The predicted molar refractivity (Wildman–Crippen MR) is 85.9 cm³/mol. The molecule has 2 atom stereocenters. The van der Waals surface area contributed by atoms with Crippen LogP contribution >= 0.6 is 11.6 Å². The molecule has 2 aliphatic heterocycles. The molecule has 1 fully saturated rings. The average Bonchev–Trinajstić information content (AvgIpc) is 2.49. The van der Waals surface area contributed by atoms with Crippen molar-refractivity contribution in [2.75, 3.05) is 31.1 Å². The third-order valence-electron chi connectivity index (χ3n) is 3.93. The maximum atomic E-state index is 12.6. The van der Waals surface area contributed by atoms with Gasteiger partial charge in [-0.1, -0.05) is 11.6 Å². The van der Waals surface area contributed by atoms with Crippen LogP contribution in [0.5, 0.6) is 5.75 Å². The second-order valence-corrected chi connectivity index (χ2v) is 6.37. The van der Waals surface area contributed by atoms with Gasteiger partial charge in [0.1, 0.15) is 12.3 Å². The monoisotopic (exact) mass is 338 g/mol. The Bertz CT molecular complexity index is 627. The number of morpholine rings is 1. The zero-order valence-electron chi connectivity index (χ0n) is 13.1. The van der Waals surface area contributed by atoms with Gasteiger partial charge in [0.2, 0.25) is 5.91 Å². The standard InChI is InChI=1S/C16H19ClN2O4/c1-10-6-18(7-11(2)23-10)15(20)8-19-13-5-12(17)3-4-14(13)22-9-16(19)21/h3-5,10-11H,6-9H2,1-2H3/t10-,11-/m0/s1. The average molecular weight is 339 g/mol. The van der Waals surface area contributed by atoms with Gasteiger partial charge in [-0.25, -0.2) is 0 Å². The Morgan fingerprint density at radius 3 is 2.70 bits per heavy atom. The molecule has 0 aliphatic carbocycles. The summed E-state index contributed by atoms with van der Waals surface area (Å²) in [5.74, 6) is 0.209. The second-order valence-electron chi connectivity index (χ2n) is 5.94. The van der Waals surface area contributed by atoms with E-state index in [1.807, 2.05) is 13.8 Å². The number of benzene rings is 1. The highest BCUT2D eigenvalue weighted by molar-refractivity contribution is 6.31. The summed E-state index contributed by atoms with van der Waals surface area (Å²) in [6.07, 6.45) is -0.0188. The van der Waals surface area contributed by atoms with Crippen LogP contribution in [0.1, 0.15) is 13.8 Å². The number of anilines is 1. The van der Waals surface area contributed by atoms with Crippen molar-refractivity contribution in [2.45, 2.75) is 26.1 Å². The van der Waals surface area contributed by atoms with Crippen LogP contribution in [0.15, 0.2) is 18.2 Å². The van der Waals surface area contributed by atoms with Crippen LogP contribution in [0.2, 0.25) is 5.02 Å². The van der Waals surface area contributed by atoms with Crippen LogP contribution in [0.25, 0.3) is 0 Å². The first kappa shape index (κ1) is 16.1. The van der Waals surface area contributed by atoms with E-state index in [9.17, 15) is 9.59 Å².